The number of halogens is 2. The molecule has 0 aliphatic carbocycles. The second-order valence-corrected chi connectivity index (χ2v) is 6.12. The Morgan fingerprint density at radius 3 is 2.63 bits per heavy atom. The Bertz CT molecular complexity index is 570. The molecule has 0 radical (unpaired) electrons. The van der Waals surface area contributed by atoms with E-state index in [0.717, 1.165) is 26.0 Å². The molecule has 1 aromatic heterocycles. The van der Waals surface area contributed by atoms with Crippen molar-refractivity contribution in [3.63, 3.8) is 0 Å². The summed E-state index contributed by atoms with van der Waals surface area (Å²) in [6.45, 7) is 0.679. The Hall–Kier alpha value is -1.07. The largest absolute Gasteiger partial charge is 0.378 e. The van der Waals surface area contributed by atoms with E-state index < -0.39 is 0 Å². The smallest absolute Gasteiger partial charge is 0.0737 e. The Morgan fingerprint density at radius 1 is 1.21 bits per heavy atom. The number of nitrogens with zero attached hydrogens (tertiary/aromatic N) is 2. The van der Waals surface area contributed by atoms with Gasteiger partial charge in [-0.1, -0.05) is 12.1 Å². The molecule has 1 heterocycles. The van der Waals surface area contributed by atoms with Crippen molar-refractivity contribution in [1.82, 2.24) is 4.98 Å². The predicted molar refractivity (Wildman–Crippen MR) is 87.7 cm³/mol. The third-order valence-corrected chi connectivity index (χ3v) is 3.84. The molecule has 0 atom stereocenters. The molecule has 0 aliphatic rings. The first kappa shape index (κ1) is 14.3. The molecule has 1 aromatic carbocycles. The van der Waals surface area contributed by atoms with Gasteiger partial charge >= 0.3 is 0 Å². The van der Waals surface area contributed by atoms with E-state index in [1.807, 2.05) is 32.3 Å². The Morgan fingerprint density at radius 2 is 1.95 bits per heavy atom. The molecule has 2 aromatic rings. The number of pyridine rings is 1. The predicted octanol–water partition coefficient (Wildman–Crippen LogP) is 4.28. The third-order valence-electron chi connectivity index (χ3n) is 2.72. The SMILES string of the molecule is CN(C)c1ccccc1NCc1ncc(Br)cc1Br. The van der Waals surface area contributed by atoms with Crippen LogP contribution in [0.1, 0.15) is 5.69 Å². The van der Waals surface area contributed by atoms with Crippen molar-refractivity contribution in [3.8, 4) is 0 Å². The van der Waals surface area contributed by atoms with Gasteiger partial charge in [0.25, 0.3) is 0 Å². The highest BCUT2D eigenvalue weighted by Gasteiger charge is 2.06. The Labute approximate surface area is 130 Å². The standard InChI is InChI=1S/C14H15Br2N3/c1-19(2)14-6-4-3-5-12(14)18-9-13-11(16)7-10(15)8-17-13/h3-8,18H,9H2,1-2H3. The monoisotopic (exact) mass is 383 g/mol. The highest BCUT2D eigenvalue weighted by molar-refractivity contribution is 9.11. The average molecular weight is 385 g/mol. The molecule has 0 saturated heterocycles. The van der Waals surface area contributed by atoms with E-state index in [0.29, 0.717) is 6.54 Å². The molecule has 3 nitrogen and oxygen atoms in total. The van der Waals surface area contributed by atoms with E-state index in [-0.39, 0.29) is 0 Å². The maximum Gasteiger partial charge on any atom is 0.0737 e. The van der Waals surface area contributed by atoms with Gasteiger partial charge in [-0.3, -0.25) is 4.98 Å². The molecular formula is C14H15Br2N3. The Kier molecular flexibility index (Phi) is 4.82. The van der Waals surface area contributed by atoms with Crippen molar-refractivity contribution in [1.29, 1.82) is 0 Å². The third kappa shape index (κ3) is 3.70. The summed E-state index contributed by atoms with van der Waals surface area (Å²) in [4.78, 5) is 6.49. The average Bonchev–Trinajstić information content (AvgIpc) is 2.38. The lowest BCUT2D eigenvalue weighted by molar-refractivity contribution is 1.02. The summed E-state index contributed by atoms with van der Waals surface area (Å²) in [7, 11) is 4.07. The first-order valence-corrected chi connectivity index (χ1v) is 7.46. The summed E-state index contributed by atoms with van der Waals surface area (Å²) in [5, 5.41) is 3.42. The molecule has 0 fully saturated rings. The van der Waals surface area contributed by atoms with Crippen molar-refractivity contribution in [3.05, 3.63) is 51.2 Å². The van der Waals surface area contributed by atoms with Crippen LogP contribution >= 0.6 is 31.9 Å². The molecule has 0 saturated carbocycles. The minimum atomic E-state index is 0.679. The van der Waals surface area contributed by atoms with Crippen molar-refractivity contribution >= 4 is 43.2 Å². The highest BCUT2D eigenvalue weighted by atomic mass is 79.9. The van der Waals surface area contributed by atoms with Crippen LogP contribution in [0.25, 0.3) is 0 Å². The number of aromatic nitrogens is 1. The minimum absolute atomic E-state index is 0.679. The van der Waals surface area contributed by atoms with Crippen molar-refractivity contribution in [2.45, 2.75) is 6.54 Å². The number of hydrogen-bond donors (Lipinski definition) is 1. The molecule has 0 spiro atoms. The number of nitrogens with one attached hydrogen (secondary N) is 1. The fourth-order valence-electron chi connectivity index (χ4n) is 1.77. The molecule has 0 aliphatic heterocycles. The molecule has 100 valence electrons. The van der Waals surface area contributed by atoms with Crippen LogP contribution in [0.5, 0.6) is 0 Å². The lowest BCUT2D eigenvalue weighted by Gasteiger charge is -2.18. The van der Waals surface area contributed by atoms with Crippen LogP contribution in [-0.4, -0.2) is 19.1 Å². The molecule has 0 unspecified atom stereocenters. The van der Waals surface area contributed by atoms with Gasteiger partial charge in [0, 0.05) is 29.2 Å². The van der Waals surface area contributed by atoms with Crippen LogP contribution in [0, 0.1) is 0 Å². The van der Waals surface area contributed by atoms with Crippen LogP contribution in [0.15, 0.2) is 45.5 Å². The molecule has 19 heavy (non-hydrogen) atoms. The van der Waals surface area contributed by atoms with Gasteiger partial charge in [-0.25, -0.2) is 0 Å². The Balaban J connectivity index is 2.14. The molecule has 0 bridgehead atoms. The van der Waals surface area contributed by atoms with E-state index in [2.05, 4.69) is 59.2 Å². The number of hydrogen-bond acceptors (Lipinski definition) is 3. The highest BCUT2D eigenvalue weighted by Crippen LogP contribution is 2.25. The number of anilines is 2. The second-order valence-electron chi connectivity index (χ2n) is 4.35. The number of benzene rings is 1. The van der Waals surface area contributed by atoms with Crippen molar-refractivity contribution in [2.75, 3.05) is 24.3 Å². The van der Waals surface area contributed by atoms with Gasteiger partial charge in [-0.2, -0.15) is 0 Å². The van der Waals surface area contributed by atoms with Gasteiger partial charge in [-0.15, -0.1) is 0 Å². The second kappa shape index (κ2) is 6.39. The first-order valence-electron chi connectivity index (χ1n) is 5.88. The zero-order chi connectivity index (χ0) is 13.8. The summed E-state index contributed by atoms with van der Waals surface area (Å²) in [5.74, 6) is 0. The zero-order valence-corrected chi connectivity index (χ0v) is 14.0. The van der Waals surface area contributed by atoms with Gasteiger partial charge in [0.05, 0.1) is 23.6 Å². The maximum atomic E-state index is 4.40. The molecule has 5 heteroatoms. The zero-order valence-electron chi connectivity index (χ0n) is 10.8. The fraction of sp³-hybridized carbons (Fsp3) is 0.214. The molecule has 0 amide bonds. The van der Waals surface area contributed by atoms with Gasteiger partial charge in [-0.05, 0) is 50.1 Å². The van der Waals surface area contributed by atoms with Crippen molar-refractivity contribution < 1.29 is 0 Å². The normalized spacial score (nSPS) is 10.3. The fourth-order valence-corrected chi connectivity index (χ4v) is 2.89. The van der Waals surface area contributed by atoms with E-state index in [4.69, 9.17) is 0 Å². The minimum Gasteiger partial charge on any atom is -0.378 e. The number of rotatable bonds is 4. The summed E-state index contributed by atoms with van der Waals surface area (Å²) in [6.07, 6.45) is 1.81. The van der Waals surface area contributed by atoms with Crippen molar-refractivity contribution in [2.24, 2.45) is 0 Å². The van der Waals surface area contributed by atoms with Gasteiger partial charge in [0.1, 0.15) is 0 Å². The lowest BCUT2D eigenvalue weighted by atomic mass is 10.2. The summed E-state index contributed by atoms with van der Waals surface area (Å²) in [6, 6.07) is 10.2. The summed E-state index contributed by atoms with van der Waals surface area (Å²) >= 11 is 6.93. The van der Waals surface area contributed by atoms with E-state index in [1.54, 1.807) is 6.20 Å². The van der Waals surface area contributed by atoms with Gasteiger partial charge in [0.2, 0.25) is 0 Å². The van der Waals surface area contributed by atoms with Crippen LogP contribution < -0.4 is 10.2 Å². The lowest BCUT2D eigenvalue weighted by Crippen LogP contribution is -2.12. The molecular weight excluding hydrogens is 370 g/mol. The van der Waals surface area contributed by atoms with Crippen LogP contribution in [0.2, 0.25) is 0 Å². The van der Waals surface area contributed by atoms with Gasteiger partial charge < -0.3 is 10.2 Å². The van der Waals surface area contributed by atoms with Crippen LogP contribution in [-0.2, 0) is 6.54 Å². The first-order chi connectivity index (χ1) is 9.08. The topological polar surface area (TPSA) is 28.2 Å². The maximum absolute atomic E-state index is 4.40. The summed E-state index contributed by atoms with van der Waals surface area (Å²) in [5.41, 5.74) is 3.25. The quantitative estimate of drug-likeness (QED) is 0.852. The summed E-state index contributed by atoms with van der Waals surface area (Å²) < 4.78 is 1.97. The molecule has 2 rings (SSSR count). The van der Waals surface area contributed by atoms with Crippen LogP contribution in [0.3, 0.4) is 0 Å². The van der Waals surface area contributed by atoms with E-state index >= 15 is 0 Å². The molecule has 1 N–H and O–H groups in total. The van der Waals surface area contributed by atoms with E-state index in [9.17, 15) is 0 Å². The van der Waals surface area contributed by atoms with Gasteiger partial charge in [0.15, 0.2) is 0 Å². The van der Waals surface area contributed by atoms with E-state index in [1.165, 1.54) is 0 Å². The number of para-hydroxylation sites is 2. The van der Waals surface area contributed by atoms with Crippen LogP contribution in [0.4, 0.5) is 11.4 Å².